The number of ether oxygens (including phenoxy) is 1. The van der Waals surface area contributed by atoms with Crippen molar-refractivity contribution in [1.82, 2.24) is 0 Å². The minimum Gasteiger partial charge on any atom is -0.494 e. The number of hydrogen-bond donors (Lipinski definition) is 4. The van der Waals surface area contributed by atoms with Crippen LogP contribution in [0.15, 0.2) is 24.3 Å². The highest BCUT2D eigenvalue weighted by Crippen LogP contribution is 2.49. The lowest BCUT2D eigenvalue weighted by atomic mass is 10.1. The van der Waals surface area contributed by atoms with E-state index in [-0.39, 0.29) is 61.1 Å². The molecular formula is C20H25F2IN2O5S2. The molecule has 2 aromatic carbocycles. The molecule has 0 saturated heterocycles. The maximum absolute atomic E-state index is 15.1. The second-order valence-electron chi connectivity index (χ2n) is 7.54. The standard InChI is InChI=1S/C20H23F2IN2O5S.H2S/c1-11-7-16(30-2)18(25-31(28,29)20(5-6-20)9-13(27)10-26)19(17(11)22)24-15-4-3-12(23)8-14(15)21;/h3-4,7-8,13,24-27H,5-6,9-10H2,1-2H3;1H2/t13-;/m0./s1. The Hall–Kier alpha value is -1.35. The van der Waals surface area contributed by atoms with Gasteiger partial charge in [0, 0.05) is 3.57 Å². The summed E-state index contributed by atoms with van der Waals surface area (Å²) in [6, 6.07) is 5.64. The highest BCUT2D eigenvalue weighted by Gasteiger charge is 2.55. The minimum absolute atomic E-state index is 0. The molecule has 0 aromatic heterocycles. The number of benzene rings is 2. The van der Waals surface area contributed by atoms with Crippen molar-refractivity contribution in [2.75, 3.05) is 23.8 Å². The zero-order valence-corrected chi connectivity index (χ0v) is 21.4. The summed E-state index contributed by atoms with van der Waals surface area (Å²) in [5.74, 6) is -1.35. The molecule has 178 valence electrons. The SMILES string of the molecule is COc1cc(C)c(F)c(Nc2ccc(I)cc2F)c1NS(=O)(=O)C1(C[C@H](O)CO)CC1.S. The third kappa shape index (κ3) is 5.41. The Bertz CT molecular complexity index is 1100. The fourth-order valence-corrected chi connectivity index (χ4v) is 5.52. The van der Waals surface area contributed by atoms with Gasteiger partial charge in [0.15, 0.2) is 5.82 Å². The van der Waals surface area contributed by atoms with Crippen molar-refractivity contribution >= 4 is 63.2 Å². The van der Waals surface area contributed by atoms with Gasteiger partial charge in [0.05, 0.1) is 30.3 Å². The zero-order valence-electron chi connectivity index (χ0n) is 17.4. The first-order chi connectivity index (χ1) is 14.5. The first-order valence-electron chi connectivity index (χ1n) is 9.44. The summed E-state index contributed by atoms with van der Waals surface area (Å²) in [5, 5.41) is 21.5. The van der Waals surface area contributed by atoms with Crippen molar-refractivity contribution in [2.45, 2.75) is 37.0 Å². The fourth-order valence-electron chi connectivity index (χ4n) is 3.33. The molecular weight excluding hydrogens is 577 g/mol. The Morgan fingerprint density at radius 1 is 1.25 bits per heavy atom. The summed E-state index contributed by atoms with van der Waals surface area (Å²) in [5.41, 5.74) is -0.346. The van der Waals surface area contributed by atoms with Gasteiger partial charge in [-0.2, -0.15) is 13.5 Å². The van der Waals surface area contributed by atoms with E-state index in [1.807, 2.05) is 22.6 Å². The average Bonchev–Trinajstić information content (AvgIpc) is 3.50. The fraction of sp³-hybridized carbons (Fsp3) is 0.400. The van der Waals surface area contributed by atoms with Crippen molar-refractivity contribution < 1.29 is 32.1 Å². The summed E-state index contributed by atoms with van der Waals surface area (Å²) in [7, 11) is -2.80. The lowest BCUT2D eigenvalue weighted by Gasteiger charge is -2.23. The molecule has 0 bridgehead atoms. The predicted octanol–water partition coefficient (Wildman–Crippen LogP) is 3.76. The van der Waals surface area contributed by atoms with E-state index in [1.54, 1.807) is 6.07 Å². The van der Waals surface area contributed by atoms with Crippen LogP contribution < -0.4 is 14.8 Å². The van der Waals surface area contributed by atoms with Crippen LogP contribution in [0, 0.1) is 22.1 Å². The molecule has 4 N–H and O–H groups in total. The van der Waals surface area contributed by atoms with E-state index in [0.29, 0.717) is 3.57 Å². The summed E-state index contributed by atoms with van der Waals surface area (Å²) in [4.78, 5) is 0. The average molecular weight is 602 g/mol. The molecule has 3 rings (SSSR count). The van der Waals surface area contributed by atoms with E-state index in [0.717, 1.165) is 0 Å². The van der Waals surface area contributed by atoms with Crippen LogP contribution in [0.5, 0.6) is 5.75 Å². The number of methoxy groups -OCH3 is 1. The summed E-state index contributed by atoms with van der Waals surface area (Å²) in [6.45, 7) is 0.907. The van der Waals surface area contributed by atoms with E-state index in [9.17, 15) is 17.9 Å². The third-order valence-corrected chi connectivity index (χ3v) is 8.11. The van der Waals surface area contributed by atoms with Crippen LogP contribution in [0.4, 0.5) is 25.8 Å². The molecule has 0 amide bonds. The van der Waals surface area contributed by atoms with Crippen molar-refractivity contribution in [3.8, 4) is 5.75 Å². The monoisotopic (exact) mass is 602 g/mol. The van der Waals surface area contributed by atoms with Crippen LogP contribution in [0.25, 0.3) is 0 Å². The van der Waals surface area contributed by atoms with Crippen LogP contribution in [0.2, 0.25) is 0 Å². The van der Waals surface area contributed by atoms with Crippen molar-refractivity contribution in [3.63, 3.8) is 0 Å². The number of aryl methyl sites for hydroxylation is 1. The number of rotatable bonds is 9. The molecule has 1 aliphatic rings. The lowest BCUT2D eigenvalue weighted by molar-refractivity contribution is 0.0858. The van der Waals surface area contributed by atoms with Gasteiger partial charge in [-0.3, -0.25) is 4.72 Å². The quantitative estimate of drug-likeness (QED) is 0.326. The van der Waals surface area contributed by atoms with Crippen LogP contribution >= 0.6 is 36.1 Å². The first-order valence-corrected chi connectivity index (χ1v) is 12.0. The van der Waals surface area contributed by atoms with Crippen molar-refractivity contribution in [2.24, 2.45) is 0 Å². The first kappa shape index (κ1) is 26.9. The van der Waals surface area contributed by atoms with E-state index >= 15 is 4.39 Å². The van der Waals surface area contributed by atoms with Gasteiger partial charge in [0.1, 0.15) is 22.9 Å². The molecule has 0 heterocycles. The predicted molar refractivity (Wildman–Crippen MR) is 133 cm³/mol. The second-order valence-corrected chi connectivity index (χ2v) is 10.9. The zero-order chi connectivity index (χ0) is 23.0. The number of halogens is 3. The van der Waals surface area contributed by atoms with Crippen molar-refractivity contribution in [1.29, 1.82) is 0 Å². The largest absolute Gasteiger partial charge is 0.494 e. The van der Waals surface area contributed by atoms with Gasteiger partial charge in [0.2, 0.25) is 10.0 Å². The van der Waals surface area contributed by atoms with Crippen LogP contribution in [-0.4, -0.2) is 43.2 Å². The number of nitrogens with one attached hydrogen (secondary N) is 2. The molecule has 2 aromatic rings. The van der Waals surface area contributed by atoms with E-state index in [2.05, 4.69) is 10.0 Å². The number of sulfonamides is 1. The Kier molecular flexibility index (Phi) is 8.64. The normalized spacial score (nSPS) is 15.5. The van der Waals surface area contributed by atoms with Gasteiger partial charge in [-0.05, 0) is 78.6 Å². The topological polar surface area (TPSA) is 108 Å². The van der Waals surface area contributed by atoms with Gasteiger partial charge in [-0.15, -0.1) is 0 Å². The number of aliphatic hydroxyl groups excluding tert-OH is 2. The Morgan fingerprint density at radius 2 is 1.91 bits per heavy atom. The van der Waals surface area contributed by atoms with E-state index in [4.69, 9.17) is 9.84 Å². The second kappa shape index (κ2) is 10.3. The van der Waals surface area contributed by atoms with Crippen LogP contribution in [0.3, 0.4) is 0 Å². The lowest BCUT2D eigenvalue weighted by Crippen LogP contribution is -2.34. The maximum atomic E-state index is 15.1. The summed E-state index contributed by atoms with van der Waals surface area (Å²) < 4.78 is 62.7. The Morgan fingerprint density at radius 3 is 2.44 bits per heavy atom. The number of aliphatic hydroxyl groups is 2. The Labute approximate surface area is 206 Å². The third-order valence-electron chi connectivity index (χ3n) is 5.25. The summed E-state index contributed by atoms with van der Waals surface area (Å²) >= 11 is 1.94. The van der Waals surface area contributed by atoms with Gasteiger partial charge in [-0.25, -0.2) is 17.2 Å². The molecule has 32 heavy (non-hydrogen) atoms. The molecule has 7 nitrogen and oxygen atoms in total. The highest BCUT2D eigenvalue weighted by atomic mass is 127. The maximum Gasteiger partial charge on any atom is 0.238 e. The molecule has 0 aliphatic heterocycles. The molecule has 0 unspecified atom stereocenters. The van der Waals surface area contributed by atoms with E-state index in [1.165, 1.54) is 32.2 Å². The smallest absolute Gasteiger partial charge is 0.238 e. The highest BCUT2D eigenvalue weighted by molar-refractivity contribution is 14.1. The van der Waals surface area contributed by atoms with E-state index < -0.39 is 39.1 Å². The molecule has 1 fully saturated rings. The molecule has 0 spiro atoms. The summed E-state index contributed by atoms with van der Waals surface area (Å²) in [6.07, 6.45) is -0.798. The Balaban J connectivity index is 0.00000363. The molecule has 1 saturated carbocycles. The minimum atomic E-state index is -4.10. The van der Waals surface area contributed by atoms with Gasteiger partial charge in [-0.1, -0.05) is 0 Å². The van der Waals surface area contributed by atoms with Gasteiger partial charge >= 0.3 is 0 Å². The number of anilines is 3. The number of hydrogen-bond acceptors (Lipinski definition) is 6. The molecule has 0 radical (unpaired) electrons. The molecule has 12 heteroatoms. The molecule has 1 aliphatic carbocycles. The van der Waals surface area contributed by atoms with Crippen molar-refractivity contribution in [3.05, 3.63) is 45.0 Å². The molecule has 1 atom stereocenters. The van der Waals surface area contributed by atoms with Crippen LogP contribution in [0.1, 0.15) is 24.8 Å². The van der Waals surface area contributed by atoms with Gasteiger partial charge < -0.3 is 20.3 Å². The van der Waals surface area contributed by atoms with Gasteiger partial charge in [0.25, 0.3) is 0 Å². The van der Waals surface area contributed by atoms with Crippen LogP contribution in [-0.2, 0) is 10.0 Å².